The molecule has 0 aliphatic carbocycles. The van der Waals surface area contributed by atoms with Gasteiger partial charge in [-0.2, -0.15) is 23.5 Å². The van der Waals surface area contributed by atoms with Gasteiger partial charge in [0.15, 0.2) is 5.69 Å². The molecule has 3 aromatic rings. The number of thiophene rings is 1. The number of hydrogen-bond donors (Lipinski definition) is 1. The smallest absolute Gasteiger partial charge is 0.333 e. The van der Waals surface area contributed by atoms with Crippen LogP contribution in [0.1, 0.15) is 53.3 Å². The molecule has 1 atom stereocenters. The van der Waals surface area contributed by atoms with Crippen molar-refractivity contribution < 1.29 is 18.0 Å². The Morgan fingerprint density at radius 1 is 1.27 bits per heavy atom. The molecular formula is C27H28F3N5OS. The lowest BCUT2D eigenvalue weighted by Crippen LogP contribution is -2.38. The second-order valence-corrected chi connectivity index (χ2v) is 10.6. The number of rotatable bonds is 6. The van der Waals surface area contributed by atoms with Crippen LogP contribution in [0, 0.1) is 11.3 Å². The van der Waals surface area contributed by atoms with Crippen LogP contribution in [0.5, 0.6) is 0 Å². The number of alkyl halides is 3. The van der Waals surface area contributed by atoms with Crippen LogP contribution in [0.2, 0.25) is 0 Å². The molecule has 0 fully saturated rings. The second kappa shape index (κ2) is 10.1. The number of aryl methyl sites for hydroxylation is 1. The second-order valence-electron chi connectivity index (χ2n) is 9.51. The zero-order valence-corrected chi connectivity index (χ0v) is 21.9. The maximum absolute atomic E-state index is 13.9. The molecule has 1 aromatic carbocycles. The van der Waals surface area contributed by atoms with E-state index < -0.39 is 17.8 Å². The van der Waals surface area contributed by atoms with Crippen LogP contribution in [0.4, 0.5) is 13.2 Å². The molecule has 1 aliphatic heterocycles. The summed E-state index contributed by atoms with van der Waals surface area (Å²) in [6.45, 7) is 6.53. The van der Waals surface area contributed by atoms with Gasteiger partial charge in [0.2, 0.25) is 5.91 Å². The molecule has 1 unspecified atom stereocenters. The summed E-state index contributed by atoms with van der Waals surface area (Å²) in [6, 6.07) is 10.9. The van der Waals surface area contributed by atoms with Gasteiger partial charge in [0.05, 0.1) is 6.54 Å². The molecule has 1 aliphatic rings. The highest BCUT2D eigenvalue weighted by Crippen LogP contribution is 2.44. The van der Waals surface area contributed by atoms with E-state index in [1.54, 1.807) is 55.3 Å². The van der Waals surface area contributed by atoms with E-state index in [1.807, 2.05) is 13.8 Å². The summed E-state index contributed by atoms with van der Waals surface area (Å²) in [6.07, 6.45) is 0.114. The van der Waals surface area contributed by atoms with Crippen molar-refractivity contribution in [2.45, 2.75) is 51.5 Å². The van der Waals surface area contributed by atoms with Gasteiger partial charge in [-0.15, -0.1) is 11.3 Å². The molecule has 6 nitrogen and oxygen atoms in total. The van der Waals surface area contributed by atoms with E-state index in [0.717, 1.165) is 10.4 Å². The van der Waals surface area contributed by atoms with Gasteiger partial charge in [0, 0.05) is 47.3 Å². The third-order valence-corrected chi connectivity index (χ3v) is 7.68. The number of nitrogens with one attached hydrogen (secondary N) is 1. The molecule has 1 amide bonds. The summed E-state index contributed by atoms with van der Waals surface area (Å²) in [4.78, 5) is 16.2. The zero-order chi connectivity index (χ0) is 27.0. The van der Waals surface area contributed by atoms with Gasteiger partial charge in [-0.3, -0.25) is 9.48 Å². The molecule has 0 radical (unpaired) electrons. The first-order chi connectivity index (χ1) is 17.5. The molecule has 0 bridgehead atoms. The van der Waals surface area contributed by atoms with Gasteiger partial charge >= 0.3 is 6.18 Å². The summed E-state index contributed by atoms with van der Waals surface area (Å²) in [5.41, 5.74) is 0.620. The standard InChI is InChI=1S/C27H28F3N5OS/c1-5-35-15-22(25(33-35)27(28,29)30)19-9-7-6-8-18(19)21-14-34(24(36)10-11-26(2,3)32-4)16-23-20(21)12-17(13-31)37-23/h6-12,15,21,32H,5,14,16H2,1-4H3/b11-10+. The SMILES string of the molecule is CCn1cc(-c2ccccc2C2CN(C(=O)/C=C/C(C)(C)NC)Cc3sc(C#N)cc32)c(C(F)(F)F)n1. The summed E-state index contributed by atoms with van der Waals surface area (Å²) in [5, 5.41) is 16.4. The van der Waals surface area contributed by atoms with Crippen molar-refractivity contribution in [2.24, 2.45) is 0 Å². The zero-order valence-electron chi connectivity index (χ0n) is 21.1. The van der Waals surface area contributed by atoms with Gasteiger partial charge in [0.25, 0.3) is 0 Å². The van der Waals surface area contributed by atoms with Gasteiger partial charge in [-0.1, -0.05) is 30.3 Å². The number of hydrogen-bond acceptors (Lipinski definition) is 5. The van der Waals surface area contributed by atoms with Crippen LogP contribution in [-0.4, -0.2) is 39.7 Å². The number of nitrogens with zero attached hydrogens (tertiary/aromatic N) is 4. The van der Waals surface area contributed by atoms with Crippen molar-refractivity contribution in [3.63, 3.8) is 0 Å². The van der Waals surface area contributed by atoms with E-state index in [1.165, 1.54) is 28.3 Å². The van der Waals surface area contributed by atoms with E-state index in [0.29, 0.717) is 29.1 Å². The van der Waals surface area contributed by atoms with Crippen LogP contribution in [0.25, 0.3) is 11.1 Å². The summed E-state index contributed by atoms with van der Waals surface area (Å²) in [5.74, 6) is -0.600. The lowest BCUT2D eigenvalue weighted by molar-refractivity contribution is -0.141. The highest BCUT2D eigenvalue weighted by molar-refractivity contribution is 7.12. The Bertz CT molecular complexity index is 1380. The Kier molecular flexibility index (Phi) is 7.31. The van der Waals surface area contributed by atoms with Gasteiger partial charge in [-0.05, 0) is 50.6 Å². The molecule has 1 N–H and O–H groups in total. The number of carbonyl (C=O) groups excluding carboxylic acids is 1. The van der Waals surface area contributed by atoms with E-state index in [4.69, 9.17) is 0 Å². The predicted molar refractivity (Wildman–Crippen MR) is 137 cm³/mol. The molecule has 2 aromatic heterocycles. The number of likely N-dealkylation sites (N-methyl/N-ethyl adjacent to an activating group) is 1. The summed E-state index contributed by atoms with van der Waals surface area (Å²) >= 11 is 1.31. The van der Waals surface area contributed by atoms with Crippen molar-refractivity contribution in [1.82, 2.24) is 20.0 Å². The fraction of sp³-hybridized carbons (Fsp3) is 0.370. The van der Waals surface area contributed by atoms with Gasteiger partial charge < -0.3 is 10.2 Å². The molecular weight excluding hydrogens is 499 g/mol. The molecule has 0 saturated carbocycles. The Balaban J connectivity index is 1.82. The third kappa shape index (κ3) is 5.48. The number of amides is 1. The quantitative estimate of drug-likeness (QED) is 0.427. The van der Waals surface area contributed by atoms with E-state index in [2.05, 4.69) is 16.5 Å². The van der Waals surface area contributed by atoms with Gasteiger partial charge in [-0.25, -0.2) is 0 Å². The minimum absolute atomic E-state index is 0.00125. The lowest BCUT2D eigenvalue weighted by Gasteiger charge is -2.33. The number of fused-ring (bicyclic) bond motifs is 1. The lowest BCUT2D eigenvalue weighted by atomic mass is 9.83. The average molecular weight is 528 g/mol. The van der Waals surface area contributed by atoms with Crippen LogP contribution >= 0.6 is 11.3 Å². The highest BCUT2D eigenvalue weighted by Gasteiger charge is 2.39. The number of benzene rings is 1. The topological polar surface area (TPSA) is 74.0 Å². The maximum atomic E-state index is 13.9. The van der Waals surface area contributed by atoms with Crippen molar-refractivity contribution in [3.8, 4) is 17.2 Å². The molecule has 37 heavy (non-hydrogen) atoms. The maximum Gasteiger partial charge on any atom is 0.435 e. The van der Waals surface area contributed by atoms with Gasteiger partial charge in [0.1, 0.15) is 10.9 Å². The first kappa shape index (κ1) is 26.6. The highest BCUT2D eigenvalue weighted by atomic mass is 32.1. The first-order valence-corrected chi connectivity index (χ1v) is 12.7. The van der Waals surface area contributed by atoms with Crippen LogP contribution < -0.4 is 5.32 Å². The van der Waals surface area contributed by atoms with Crippen LogP contribution in [0.15, 0.2) is 48.7 Å². The van der Waals surface area contributed by atoms with Crippen molar-refractivity contribution in [3.05, 3.63) is 75.3 Å². The molecule has 10 heteroatoms. The Labute approximate surface area is 218 Å². The average Bonchev–Trinajstić information content (AvgIpc) is 3.51. The number of nitriles is 1. The van der Waals surface area contributed by atoms with Crippen molar-refractivity contribution >= 4 is 17.2 Å². The first-order valence-electron chi connectivity index (χ1n) is 11.9. The molecule has 3 heterocycles. The van der Waals surface area contributed by atoms with E-state index in [-0.39, 0.29) is 23.6 Å². The molecule has 194 valence electrons. The Morgan fingerprint density at radius 2 is 2.00 bits per heavy atom. The fourth-order valence-electron chi connectivity index (χ4n) is 4.41. The number of carbonyl (C=O) groups is 1. The van der Waals surface area contributed by atoms with E-state index >= 15 is 0 Å². The van der Waals surface area contributed by atoms with E-state index in [9.17, 15) is 23.2 Å². The third-order valence-electron chi connectivity index (χ3n) is 6.64. The Hall–Kier alpha value is -3.42. The largest absolute Gasteiger partial charge is 0.435 e. The summed E-state index contributed by atoms with van der Waals surface area (Å²) < 4.78 is 43.1. The number of aromatic nitrogens is 2. The normalized spacial score (nSPS) is 16.2. The fourth-order valence-corrected chi connectivity index (χ4v) is 5.45. The minimum Gasteiger partial charge on any atom is -0.333 e. The number of halogens is 3. The van der Waals surface area contributed by atoms with Crippen LogP contribution in [-0.2, 0) is 24.1 Å². The van der Waals surface area contributed by atoms with Crippen molar-refractivity contribution in [2.75, 3.05) is 13.6 Å². The van der Waals surface area contributed by atoms with Crippen molar-refractivity contribution in [1.29, 1.82) is 5.26 Å². The molecule has 0 saturated heterocycles. The Morgan fingerprint density at radius 3 is 2.65 bits per heavy atom. The van der Waals surface area contributed by atoms with Crippen LogP contribution in [0.3, 0.4) is 0 Å². The molecule has 4 rings (SSSR count). The molecule has 0 spiro atoms. The predicted octanol–water partition coefficient (Wildman–Crippen LogP) is 5.55. The monoisotopic (exact) mass is 527 g/mol. The summed E-state index contributed by atoms with van der Waals surface area (Å²) in [7, 11) is 1.81. The minimum atomic E-state index is -4.62.